The van der Waals surface area contributed by atoms with Crippen molar-refractivity contribution in [3.05, 3.63) is 39.7 Å². The number of hydrogen-bond acceptors (Lipinski definition) is 8. The summed E-state index contributed by atoms with van der Waals surface area (Å²) >= 11 is 2.59. The number of aryl methyl sites for hydroxylation is 1. The van der Waals surface area contributed by atoms with Gasteiger partial charge in [0, 0.05) is 12.1 Å². The van der Waals surface area contributed by atoms with Crippen molar-refractivity contribution in [1.29, 1.82) is 0 Å². The third kappa shape index (κ3) is 4.39. The van der Waals surface area contributed by atoms with Gasteiger partial charge in [-0.05, 0) is 44.7 Å². The molecule has 0 radical (unpaired) electrons. The van der Waals surface area contributed by atoms with E-state index in [0.717, 1.165) is 5.01 Å². The van der Waals surface area contributed by atoms with Crippen molar-refractivity contribution in [1.82, 2.24) is 15.1 Å². The number of hydrogen-bond donors (Lipinski definition) is 1. The van der Waals surface area contributed by atoms with E-state index in [4.69, 9.17) is 9.84 Å². The Kier molecular flexibility index (Phi) is 6.10. The molecule has 1 aromatic heterocycles. The first-order chi connectivity index (χ1) is 13.4. The Morgan fingerprint density at radius 3 is 2.79 bits per heavy atom. The molecule has 1 unspecified atom stereocenters. The van der Waals surface area contributed by atoms with Crippen molar-refractivity contribution in [2.24, 2.45) is 4.99 Å². The van der Waals surface area contributed by atoms with Crippen LogP contribution in [-0.4, -0.2) is 49.9 Å². The number of rotatable bonds is 6. The van der Waals surface area contributed by atoms with Gasteiger partial charge < -0.3 is 9.84 Å². The number of carboxylic acid groups (broad SMARTS) is 1. The van der Waals surface area contributed by atoms with E-state index in [1.165, 1.54) is 30.0 Å². The molecule has 1 aliphatic heterocycles. The Labute approximate surface area is 169 Å². The van der Waals surface area contributed by atoms with Crippen molar-refractivity contribution >= 4 is 51.4 Å². The summed E-state index contributed by atoms with van der Waals surface area (Å²) in [5.74, 6) is -0.840. The van der Waals surface area contributed by atoms with Gasteiger partial charge in [0.15, 0.2) is 11.3 Å². The quantitative estimate of drug-likeness (QED) is 0.718. The minimum absolute atomic E-state index is 0.173. The summed E-state index contributed by atoms with van der Waals surface area (Å²) in [5.41, 5.74) is 0.621. The SMILES string of the molecule is CCN1C(=O)/C(=C\c2ccccc2OC(C)C(=O)O)S/C1=N/c1nnc(C)s1. The van der Waals surface area contributed by atoms with Crippen LogP contribution in [0, 0.1) is 6.92 Å². The second kappa shape index (κ2) is 8.53. The number of para-hydroxylation sites is 1. The fourth-order valence-corrected chi connectivity index (χ4v) is 4.02. The maximum absolute atomic E-state index is 12.8. The van der Waals surface area contributed by atoms with Gasteiger partial charge in [0.25, 0.3) is 5.91 Å². The monoisotopic (exact) mass is 418 g/mol. The average molecular weight is 419 g/mol. The van der Waals surface area contributed by atoms with E-state index in [1.54, 1.807) is 35.2 Å². The number of carbonyl (C=O) groups is 2. The summed E-state index contributed by atoms with van der Waals surface area (Å²) < 4.78 is 5.51. The van der Waals surface area contributed by atoms with Crippen LogP contribution in [0.25, 0.3) is 6.08 Å². The number of ether oxygens (including phenoxy) is 1. The van der Waals surface area contributed by atoms with Crippen LogP contribution in [0.15, 0.2) is 34.2 Å². The molecule has 3 rings (SSSR count). The lowest BCUT2D eigenvalue weighted by atomic mass is 10.2. The molecule has 0 aliphatic carbocycles. The number of aliphatic imine (C=N–C) groups is 1. The summed E-state index contributed by atoms with van der Waals surface area (Å²) in [7, 11) is 0. The smallest absolute Gasteiger partial charge is 0.344 e. The zero-order chi connectivity index (χ0) is 20.3. The number of aliphatic carboxylic acids is 1. The molecule has 146 valence electrons. The Morgan fingerprint density at radius 2 is 2.14 bits per heavy atom. The average Bonchev–Trinajstić information content (AvgIpc) is 3.19. The number of amidine groups is 1. The zero-order valence-electron chi connectivity index (χ0n) is 15.4. The van der Waals surface area contributed by atoms with Crippen LogP contribution in [0.3, 0.4) is 0 Å². The number of benzene rings is 1. The topological polar surface area (TPSA) is 105 Å². The molecular weight excluding hydrogens is 400 g/mol. The van der Waals surface area contributed by atoms with Crippen molar-refractivity contribution < 1.29 is 19.4 Å². The van der Waals surface area contributed by atoms with E-state index >= 15 is 0 Å². The summed E-state index contributed by atoms with van der Waals surface area (Å²) in [4.78, 5) is 30.3. The molecule has 1 N–H and O–H groups in total. The Hall–Kier alpha value is -2.72. The number of aromatic nitrogens is 2. The van der Waals surface area contributed by atoms with E-state index in [1.807, 2.05) is 13.8 Å². The third-order valence-electron chi connectivity index (χ3n) is 3.77. The number of carbonyl (C=O) groups excluding carboxylic acids is 1. The Bertz CT molecular complexity index is 970. The van der Waals surface area contributed by atoms with Crippen LogP contribution in [0.1, 0.15) is 24.4 Å². The normalized spacial score (nSPS) is 18.1. The lowest BCUT2D eigenvalue weighted by Gasteiger charge is -2.13. The van der Waals surface area contributed by atoms with E-state index in [0.29, 0.717) is 33.1 Å². The minimum Gasteiger partial charge on any atom is -0.479 e. The highest BCUT2D eigenvalue weighted by molar-refractivity contribution is 8.18. The molecule has 1 aromatic carbocycles. The lowest BCUT2D eigenvalue weighted by Crippen LogP contribution is -2.28. The molecule has 2 aromatic rings. The molecule has 0 bridgehead atoms. The molecule has 1 amide bonds. The first kappa shape index (κ1) is 20.0. The molecule has 0 spiro atoms. The lowest BCUT2D eigenvalue weighted by molar-refractivity contribution is -0.144. The molecule has 28 heavy (non-hydrogen) atoms. The fraction of sp³-hybridized carbons (Fsp3) is 0.278. The highest BCUT2D eigenvalue weighted by Gasteiger charge is 2.32. The molecule has 8 nitrogen and oxygen atoms in total. The first-order valence-corrected chi connectivity index (χ1v) is 10.1. The van der Waals surface area contributed by atoms with Gasteiger partial charge in [0.05, 0.1) is 4.91 Å². The third-order valence-corrected chi connectivity index (χ3v) is 5.51. The van der Waals surface area contributed by atoms with E-state index in [9.17, 15) is 9.59 Å². The molecule has 1 fully saturated rings. The Morgan fingerprint density at radius 1 is 1.39 bits per heavy atom. The van der Waals surface area contributed by atoms with Gasteiger partial charge >= 0.3 is 5.97 Å². The number of amides is 1. The van der Waals surface area contributed by atoms with Gasteiger partial charge in [-0.1, -0.05) is 29.5 Å². The van der Waals surface area contributed by atoms with Gasteiger partial charge in [-0.15, -0.1) is 10.2 Å². The van der Waals surface area contributed by atoms with Crippen molar-refractivity contribution in [3.8, 4) is 5.75 Å². The van der Waals surface area contributed by atoms with Crippen molar-refractivity contribution in [2.75, 3.05) is 6.54 Å². The molecule has 1 saturated heterocycles. The minimum atomic E-state index is -1.06. The van der Waals surface area contributed by atoms with E-state index in [-0.39, 0.29) is 5.91 Å². The summed E-state index contributed by atoms with van der Waals surface area (Å²) in [5, 5.41) is 18.8. The zero-order valence-corrected chi connectivity index (χ0v) is 17.1. The van der Waals surface area contributed by atoms with Gasteiger partial charge in [-0.25, -0.2) is 4.79 Å². The Balaban J connectivity index is 1.92. The highest BCUT2D eigenvalue weighted by atomic mass is 32.2. The van der Waals surface area contributed by atoms with Crippen LogP contribution in [0.4, 0.5) is 5.13 Å². The summed E-state index contributed by atoms with van der Waals surface area (Å²) in [6.45, 7) is 5.63. The number of likely N-dealkylation sites (N-methyl/N-ethyl adjacent to an activating group) is 1. The van der Waals surface area contributed by atoms with E-state index in [2.05, 4.69) is 15.2 Å². The maximum Gasteiger partial charge on any atom is 0.344 e. The standard InChI is InChI=1S/C18H18N4O4S2/c1-4-22-15(23)14(28-18(22)19-17-21-20-11(3)27-17)9-12-7-5-6-8-13(12)26-10(2)16(24)25/h5-10H,4H2,1-3H3,(H,24,25)/b14-9+,19-18+. The molecule has 2 heterocycles. The molecular formula is C18H18N4O4S2. The molecule has 0 saturated carbocycles. The number of thioether (sulfide) groups is 1. The molecule has 10 heteroatoms. The summed E-state index contributed by atoms with van der Waals surface area (Å²) in [6.07, 6.45) is 0.685. The predicted octanol–water partition coefficient (Wildman–Crippen LogP) is 3.32. The van der Waals surface area contributed by atoms with Crippen LogP contribution in [0.5, 0.6) is 5.75 Å². The molecule has 1 aliphatic rings. The second-order valence-corrected chi connectivity index (χ2v) is 7.96. The van der Waals surface area contributed by atoms with Gasteiger partial charge in [0.1, 0.15) is 10.8 Å². The van der Waals surface area contributed by atoms with Gasteiger partial charge in [-0.2, -0.15) is 4.99 Å². The summed E-state index contributed by atoms with van der Waals surface area (Å²) in [6, 6.07) is 6.99. The van der Waals surface area contributed by atoms with Crippen molar-refractivity contribution in [3.63, 3.8) is 0 Å². The first-order valence-electron chi connectivity index (χ1n) is 8.47. The maximum atomic E-state index is 12.8. The number of nitrogens with zero attached hydrogens (tertiary/aromatic N) is 4. The second-order valence-electron chi connectivity index (χ2n) is 5.79. The largest absolute Gasteiger partial charge is 0.479 e. The van der Waals surface area contributed by atoms with Crippen LogP contribution in [0.2, 0.25) is 0 Å². The van der Waals surface area contributed by atoms with E-state index < -0.39 is 12.1 Å². The van der Waals surface area contributed by atoms with Crippen molar-refractivity contribution in [2.45, 2.75) is 26.9 Å². The van der Waals surface area contributed by atoms with Gasteiger partial charge in [0.2, 0.25) is 5.13 Å². The fourth-order valence-electron chi connectivity index (χ4n) is 2.37. The van der Waals surface area contributed by atoms with Crippen LogP contribution in [-0.2, 0) is 9.59 Å². The predicted molar refractivity (Wildman–Crippen MR) is 109 cm³/mol. The van der Waals surface area contributed by atoms with Crippen LogP contribution >= 0.6 is 23.1 Å². The van der Waals surface area contributed by atoms with Crippen LogP contribution < -0.4 is 4.74 Å². The highest BCUT2D eigenvalue weighted by Crippen LogP contribution is 2.35. The number of carboxylic acids is 1. The molecule has 1 atom stereocenters. The van der Waals surface area contributed by atoms with Gasteiger partial charge in [-0.3, -0.25) is 9.69 Å².